The van der Waals surface area contributed by atoms with Crippen molar-refractivity contribution in [2.75, 3.05) is 13.7 Å². The van der Waals surface area contributed by atoms with Crippen molar-refractivity contribution >= 4 is 33.5 Å². The summed E-state index contributed by atoms with van der Waals surface area (Å²) in [4.78, 5) is 22.8. The minimum absolute atomic E-state index is 0.133. The molecule has 1 rings (SSSR count). The van der Waals surface area contributed by atoms with Crippen molar-refractivity contribution in [1.82, 2.24) is 10.0 Å². The molecule has 0 radical (unpaired) electrons. The molecule has 3 N–H and O–H groups in total. The summed E-state index contributed by atoms with van der Waals surface area (Å²) in [6.07, 6.45) is -1.37. The summed E-state index contributed by atoms with van der Waals surface area (Å²) in [7, 11) is -2.73. The molecule has 0 aliphatic rings. The highest BCUT2D eigenvalue weighted by molar-refractivity contribution is 7.89. The number of carbonyl (C=O) groups is 2. The maximum absolute atomic E-state index is 12.2. The molecule has 0 saturated heterocycles. The Bertz CT molecular complexity index is 660. The van der Waals surface area contributed by atoms with E-state index in [0.29, 0.717) is 5.02 Å². The fourth-order valence-corrected chi connectivity index (χ4v) is 2.88. The highest BCUT2D eigenvalue weighted by Crippen LogP contribution is 2.15. The van der Waals surface area contributed by atoms with Crippen molar-refractivity contribution in [2.45, 2.75) is 24.0 Å². The van der Waals surface area contributed by atoms with Crippen LogP contribution < -0.4 is 10.0 Å². The van der Waals surface area contributed by atoms with Gasteiger partial charge in [-0.25, -0.2) is 8.42 Å². The van der Waals surface area contributed by atoms with Crippen LogP contribution in [0.25, 0.3) is 0 Å². The number of nitrogens with one attached hydrogen (secondary N) is 2. The molecule has 0 unspecified atom stereocenters. The first-order chi connectivity index (χ1) is 10.7. The monoisotopic (exact) mass is 364 g/mol. The van der Waals surface area contributed by atoms with E-state index in [1.165, 1.54) is 38.2 Å². The van der Waals surface area contributed by atoms with Gasteiger partial charge in [0, 0.05) is 12.1 Å². The molecule has 0 aromatic heterocycles. The van der Waals surface area contributed by atoms with Crippen molar-refractivity contribution in [2.24, 2.45) is 0 Å². The van der Waals surface area contributed by atoms with Gasteiger partial charge in [0.1, 0.15) is 6.04 Å². The van der Waals surface area contributed by atoms with Crippen LogP contribution in [0.2, 0.25) is 5.02 Å². The van der Waals surface area contributed by atoms with E-state index in [4.69, 9.17) is 11.6 Å². The van der Waals surface area contributed by atoms with Crippen molar-refractivity contribution in [3.63, 3.8) is 0 Å². The average Bonchev–Trinajstić information content (AvgIpc) is 2.50. The van der Waals surface area contributed by atoms with Crippen molar-refractivity contribution in [3.8, 4) is 0 Å². The third kappa shape index (κ3) is 5.79. The Kier molecular flexibility index (Phi) is 6.95. The third-order valence-electron chi connectivity index (χ3n) is 2.77. The Hall–Kier alpha value is -1.68. The molecule has 2 atom stereocenters. The fourth-order valence-electron chi connectivity index (χ4n) is 1.49. The van der Waals surface area contributed by atoms with E-state index in [1.807, 2.05) is 4.72 Å². The smallest absolute Gasteiger partial charge is 0.327 e. The molecule has 23 heavy (non-hydrogen) atoms. The van der Waals surface area contributed by atoms with E-state index in [1.54, 1.807) is 0 Å². The molecule has 1 amide bonds. The lowest BCUT2D eigenvalue weighted by Crippen LogP contribution is -2.49. The summed E-state index contributed by atoms with van der Waals surface area (Å²) >= 11 is 5.69. The molecular weight excluding hydrogens is 348 g/mol. The van der Waals surface area contributed by atoms with Gasteiger partial charge in [0.2, 0.25) is 10.0 Å². The molecule has 0 aliphatic heterocycles. The Labute approximate surface area is 138 Å². The van der Waals surface area contributed by atoms with Gasteiger partial charge in [0.15, 0.2) is 6.61 Å². The second kappa shape index (κ2) is 8.25. The van der Waals surface area contributed by atoms with Crippen LogP contribution >= 0.6 is 11.6 Å². The predicted octanol–water partition coefficient (Wildman–Crippen LogP) is -0.343. The van der Waals surface area contributed by atoms with Crippen molar-refractivity contribution in [1.29, 1.82) is 0 Å². The van der Waals surface area contributed by atoms with E-state index in [2.05, 4.69) is 10.1 Å². The standard InChI is InChI=1S/C13H17ClN2O6S/c1-8(17)12(13(19)22-7-11(18)15-2)16-23(20,21)10-5-3-9(14)4-6-10/h3-6,8,12,16-17H,7H2,1-2H3,(H,15,18)/t8-,12+/m0/s1. The second-order valence-electron chi connectivity index (χ2n) is 4.57. The van der Waals surface area contributed by atoms with E-state index in [-0.39, 0.29) is 4.90 Å². The molecule has 0 fully saturated rings. The van der Waals surface area contributed by atoms with Gasteiger partial charge in [-0.05, 0) is 31.2 Å². The lowest BCUT2D eigenvalue weighted by molar-refractivity contribution is -0.152. The summed E-state index contributed by atoms with van der Waals surface area (Å²) in [5.41, 5.74) is 0. The van der Waals surface area contributed by atoms with Crippen LogP contribution in [-0.2, 0) is 24.3 Å². The number of ether oxygens (including phenoxy) is 1. The summed E-state index contributed by atoms with van der Waals surface area (Å²) in [5, 5.41) is 12.2. The number of benzene rings is 1. The normalized spacial score (nSPS) is 13.9. The van der Waals surface area contributed by atoms with E-state index in [0.717, 1.165) is 0 Å². The Morgan fingerprint density at radius 1 is 1.30 bits per heavy atom. The summed E-state index contributed by atoms with van der Waals surface area (Å²) in [6, 6.07) is 3.69. The average molecular weight is 365 g/mol. The number of aliphatic hydroxyl groups excluding tert-OH is 1. The SMILES string of the molecule is CNC(=O)COC(=O)[C@H](NS(=O)(=O)c1ccc(Cl)cc1)[C@H](C)O. The topological polar surface area (TPSA) is 122 Å². The number of hydrogen-bond acceptors (Lipinski definition) is 6. The Morgan fingerprint density at radius 3 is 2.35 bits per heavy atom. The van der Waals surface area contributed by atoms with Gasteiger partial charge in [-0.2, -0.15) is 4.72 Å². The number of aliphatic hydroxyl groups is 1. The van der Waals surface area contributed by atoms with Crippen LogP contribution in [0.5, 0.6) is 0 Å². The number of rotatable bonds is 7. The molecule has 0 spiro atoms. The molecule has 10 heteroatoms. The van der Waals surface area contributed by atoms with Crippen molar-refractivity contribution < 1.29 is 27.9 Å². The highest BCUT2D eigenvalue weighted by atomic mass is 35.5. The van der Waals surface area contributed by atoms with Gasteiger partial charge in [-0.15, -0.1) is 0 Å². The molecule has 0 aliphatic carbocycles. The number of carbonyl (C=O) groups excluding carboxylic acids is 2. The molecule has 1 aromatic rings. The molecule has 8 nitrogen and oxygen atoms in total. The first kappa shape index (κ1) is 19.4. The fraction of sp³-hybridized carbons (Fsp3) is 0.385. The van der Waals surface area contributed by atoms with Gasteiger partial charge in [-0.1, -0.05) is 11.6 Å². The molecular formula is C13H17ClN2O6S. The zero-order valence-electron chi connectivity index (χ0n) is 12.4. The zero-order chi connectivity index (χ0) is 17.6. The molecule has 128 valence electrons. The summed E-state index contributed by atoms with van der Waals surface area (Å²) in [5.74, 6) is -1.63. The lowest BCUT2D eigenvalue weighted by Gasteiger charge is -2.19. The predicted molar refractivity (Wildman–Crippen MR) is 82.3 cm³/mol. The van der Waals surface area contributed by atoms with Gasteiger partial charge >= 0.3 is 5.97 Å². The maximum atomic E-state index is 12.2. The first-order valence-corrected chi connectivity index (χ1v) is 8.36. The van der Waals surface area contributed by atoms with Crippen LogP contribution in [0.1, 0.15) is 6.92 Å². The van der Waals surface area contributed by atoms with Gasteiger partial charge in [-0.3, -0.25) is 9.59 Å². The molecule has 0 bridgehead atoms. The van der Waals surface area contributed by atoms with Crippen LogP contribution in [0.4, 0.5) is 0 Å². The van der Waals surface area contributed by atoms with E-state index in [9.17, 15) is 23.1 Å². The number of esters is 1. The minimum Gasteiger partial charge on any atom is -0.454 e. The largest absolute Gasteiger partial charge is 0.454 e. The van der Waals surface area contributed by atoms with Crippen LogP contribution in [-0.4, -0.2) is 51.2 Å². The van der Waals surface area contributed by atoms with Crippen LogP contribution in [0.15, 0.2) is 29.2 Å². The minimum atomic E-state index is -4.08. The van der Waals surface area contributed by atoms with Gasteiger partial charge in [0.05, 0.1) is 11.0 Å². The number of sulfonamides is 1. The lowest BCUT2D eigenvalue weighted by atomic mass is 10.2. The van der Waals surface area contributed by atoms with E-state index >= 15 is 0 Å². The number of amides is 1. The van der Waals surface area contributed by atoms with Crippen LogP contribution in [0.3, 0.4) is 0 Å². The highest BCUT2D eigenvalue weighted by Gasteiger charge is 2.31. The maximum Gasteiger partial charge on any atom is 0.327 e. The number of likely N-dealkylation sites (N-methyl/N-ethyl adjacent to an activating group) is 1. The second-order valence-corrected chi connectivity index (χ2v) is 6.72. The van der Waals surface area contributed by atoms with Gasteiger partial charge in [0.25, 0.3) is 5.91 Å². The first-order valence-electron chi connectivity index (χ1n) is 6.50. The summed E-state index contributed by atoms with van der Waals surface area (Å²) in [6.45, 7) is 0.636. The molecule has 0 saturated carbocycles. The van der Waals surface area contributed by atoms with Gasteiger partial charge < -0.3 is 15.2 Å². The Balaban J connectivity index is 2.88. The van der Waals surface area contributed by atoms with E-state index < -0.39 is 40.7 Å². The molecule has 1 aromatic carbocycles. The van der Waals surface area contributed by atoms with Crippen molar-refractivity contribution in [3.05, 3.63) is 29.3 Å². The molecule has 0 heterocycles. The summed E-state index contributed by atoms with van der Waals surface area (Å²) < 4.78 is 31.1. The zero-order valence-corrected chi connectivity index (χ0v) is 14.0. The Morgan fingerprint density at radius 2 is 1.87 bits per heavy atom. The quantitative estimate of drug-likeness (QED) is 0.569. The number of halogens is 1. The number of hydrogen-bond donors (Lipinski definition) is 3. The van der Waals surface area contributed by atoms with Crippen LogP contribution in [0, 0.1) is 0 Å². The third-order valence-corrected chi connectivity index (χ3v) is 4.48.